The Labute approximate surface area is 193 Å². The normalized spacial score (nSPS) is 17.8. The second-order valence-corrected chi connectivity index (χ2v) is 7.96. The van der Waals surface area contributed by atoms with Gasteiger partial charge in [0.1, 0.15) is 12.6 Å². The molecule has 1 saturated heterocycles. The molecule has 1 aliphatic rings. The average Bonchev–Trinajstić information content (AvgIpc) is 3.35. The van der Waals surface area contributed by atoms with Crippen LogP contribution in [0.15, 0.2) is 77.9 Å². The quantitative estimate of drug-likeness (QED) is 0.365. The SMILES string of the molecule is COc1cc(C2CC(C(=O)N/N=C/c3ccccc3)NN2)ccc1OCc1ccc(C)cc1. The van der Waals surface area contributed by atoms with Crippen LogP contribution in [0, 0.1) is 6.92 Å². The lowest BCUT2D eigenvalue weighted by Gasteiger charge is -2.15. The maximum atomic E-state index is 12.5. The van der Waals surface area contributed by atoms with Gasteiger partial charge in [0.25, 0.3) is 5.91 Å². The molecule has 1 amide bonds. The van der Waals surface area contributed by atoms with E-state index >= 15 is 0 Å². The van der Waals surface area contributed by atoms with Gasteiger partial charge in [-0.15, -0.1) is 0 Å². The summed E-state index contributed by atoms with van der Waals surface area (Å²) in [5.41, 5.74) is 13.1. The first-order valence-corrected chi connectivity index (χ1v) is 10.9. The molecule has 0 aliphatic carbocycles. The molecule has 170 valence electrons. The molecule has 2 unspecified atom stereocenters. The highest BCUT2D eigenvalue weighted by Crippen LogP contribution is 2.33. The van der Waals surface area contributed by atoms with E-state index in [4.69, 9.17) is 9.47 Å². The first kappa shape index (κ1) is 22.5. The number of hydrogen-bond acceptors (Lipinski definition) is 6. The summed E-state index contributed by atoms with van der Waals surface area (Å²) in [6.45, 7) is 2.52. The largest absolute Gasteiger partial charge is 0.493 e. The lowest BCUT2D eigenvalue weighted by molar-refractivity contribution is -0.122. The van der Waals surface area contributed by atoms with Gasteiger partial charge in [-0.25, -0.2) is 16.3 Å². The van der Waals surface area contributed by atoms with Gasteiger partial charge in [-0.05, 0) is 42.2 Å². The summed E-state index contributed by atoms with van der Waals surface area (Å²) >= 11 is 0. The highest BCUT2D eigenvalue weighted by molar-refractivity contribution is 5.85. The van der Waals surface area contributed by atoms with Gasteiger partial charge in [-0.3, -0.25) is 4.79 Å². The summed E-state index contributed by atoms with van der Waals surface area (Å²) in [6.07, 6.45) is 2.21. The minimum atomic E-state index is -0.397. The molecule has 7 nitrogen and oxygen atoms in total. The third kappa shape index (κ3) is 5.97. The Morgan fingerprint density at radius 3 is 2.61 bits per heavy atom. The van der Waals surface area contributed by atoms with E-state index in [9.17, 15) is 4.79 Å². The number of nitrogens with zero attached hydrogens (tertiary/aromatic N) is 1. The molecule has 1 aliphatic heterocycles. The summed E-state index contributed by atoms with van der Waals surface area (Å²) in [4.78, 5) is 12.5. The summed E-state index contributed by atoms with van der Waals surface area (Å²) < 4.78 is 11.5. The van der Waals surface area contributed by atoms with Crippen molar-refractivity contribution in [3.05, 3.63) is 95.1 Å². The van der Waals surface area contributed by atoms with E-state index < -0.39 is 6.04 Å². The first-order valence-electron chi connectivity index (χ1n) is 10.9. The van der Waals surface area contributed by atoms with Crippen molar-refractivity contribution < 1.29 is 14.3 Å². The predicted molar refractivity (Wildman–Crippen MR) is 128 cm³/mol. The van der Waals surface area contributed by atoms with Crippen LogP contribution in [0.4, 0.5) is 0 Å². The number of ether oxygens (including phenoxy) is 2. The Hall–Kier alpha value is -3.68. The summed E-state index contributed by atoms with van der Waals surface area (Å²) in [5, 5.41) is 4.04. The van der Waals surface area contributed by atoms with Gasteiger partial charge in [0.2, 0.25) is 0 Å². The van der Waals surface area contributed by atoms with Crippen LogP contribution in [-0.4, -0.2) is 25.3 Å². The average molecular weight is 445 g/mol. The molecule has 33 heavy (non-hydrogen) atoms. The maximum absolute atomic E-state index is 12.5. The summed E-state index contributed by atoms with van der Waals surface area (Å²) in [5.74, 6) is 1.14. The van der Waals surface area contributed by atoms with Gasteiger partial charge in [-0.2, -0.15) is 5.10 Å². The number of methoxy groups -OCH3 is 1. The molecular weight excluding hydrogens is 416 g/mol. The molecule has 3 aromatic carbocycles. The van der Waals surface area contributed by atoms with Crippen molar-refractivity contribution in [2.24, 2.45) is 5.10 Å². The van der Waals surface area contributed by atoms with Gasteiger partial charge >= 0.3 is 0 Å². The fourth-order valence-electron chi connectivity index (χ4n) is 3.60. The van der Waals surface area contributed by atoms with Crippen LogP contribution in [0.1, 0.15) is 34.7 Å². The van der Waals surface area contributed by atoms with Gasteiger partial charge in [-0.1, -0.05) is 66.2 Å². The van der Waals surface area contributed by atoms with E-state index in [1.807, 2.05) is 48.5 Å². The minimum Gasteiger partial charge on any atom is -0.493 e. The van der Waals surface area contributed by atoms with Crippen molar-refractivity contribution in [3.63, 3.8) is 0 Å². The number of carbonyl (C=O) groups excluding carboxylic acids is 1. The third-order valence-corrected chi connectivity index (χ3v) is 5.51. The zero-order valence-electron chi connectivity index (χ0n) is 18.7. The van der Waals surface area contributed by atoms with Crippen molar-refractivity contribution in [2.45, 2.75) is 32.0 Å². The monoisotopic (exact) mass is 444 g/mol. The Morgan fingerprint density at radius 1 is 1.06 bits per heavy atom. The second-order valence-electron chi connectivity index (χ2n) is 7.96. The van der Waals surface area contributed by atoms with Crippen molar-refractivity contribution in [1.82, 2.24) is 16.3 Å². The lowest BCUT2D eigenvalue weighted by atomic mass is 10.0. The van der Waals surface area contributed by atoms with Gasteiger partial charge in [0.15, 0.2) is 11.5 Å². The third-order valence-electron chi connectivity index (χ3n) is 5.51. The molecule has 2 atom stereocenters. The molecule has 0 aromatic heterocycles. The van der Waals surface area contributed by atoms with Crippen molar-refractivity contribution in [2.75, 3.05) is 7.11 Å². The van der Waals surface area contributed by atoms with E-state index in [1.54, 1.807) is 13.3 Å². The van der Waals surface area contributed by atoms with E-state index in [0.29, 0.717) is 24.5 Å². The number of carbonyl (C=O) groups is 1. The van der Waals surface area contributed by atoms with Crippen LogP contribution in [0.5, 0.6) is 11.5 Å². The molecule has 1 fully saturated rings. The minimum absolute atomic E-state index is 0.0427. The zero-order valence-corrected chi connectivity index (χ0v) is 18.7. The smallest absolute Gasteiger partial charge is 0.258 e. The Kier molecular flexibility index (Phi) is 7.34. The summed E-state index contributed by atoms with van der Waals surface area (Å²) in [7, 11) is 1.62. The molecule has 4 rings (SSSR count). The van der Waals surface area contributed by atoms with E-state index in [-0.39, 0.29) is 11.9 Å². The molecule has 0 bridgehead atoms. The zero-order chi connectivity index (χ0) is 23.0. The van der Waals surface area contributed by atoms with E-state index in [0.717, 1.165) is 16.7 Å². The van der Waals surface area contributed by atoms with Gasteiger partial charge in [0, 0.05) is 6.04 Å². The van der Waals surface area contributed by atoms with Crippen molar-refractivity contribution in [3.8, 4) is 11.5 Å². The number of hydrazone groups is 1. The molecule has 3 aromatic rings. The van der Waals surface area contributed by atoms with Gasteiger partial charge in [0.05, 0.1) is 13.3 Å². The number of amides is 1. The number of aryl methyl sites for hydroxylation is 1. The lowest BCUT2D eigenvalue weighted by Crippen LogP contribution is -2.41. The Morgan fingerprint density at radius 2 is 1.85 bits per heavy atom. The predicted octanol–water partition coefficient (Wildman–Crippen LogP) is 3.64. The van der Waals surface area contributed by atoms with Crippen molar-refractivity contribution >= 4 is 12.1 Å². The highest BCUT2D eigenvalue weighted by atomic mass is 16.5. The fraction of sp³-hybridized carbons (Fsp3) is 0.231. The molecule has 1 heterocycles. The Balaban J connectivity index is 1.33. The number of benzene rings is 3. The molecule has 7 heteroatoms. The number of hydrazine groups is 1. The van der Waals surface area contributed by atoms with Gasteiger partial charge < -0.3 is 9.47 Å². The molecule has 0 saturated carbocycles. The van der Waals surface area contributed by atoms with Crippen LogP contribution in [0.25, 0.3) is 0 Å². The van der Waals surface area contributed by atoms with E-state index in [1.165, 1.54) is 5.56 Å². The topological polar surface area (TPSA) is 84.0 Å². The first-order chi connectivity index (χ1) is 16.1. The maximum Gasteiger partial charge on any atom is 0.258 e. The van der Waals surface area contributed by atoms with E-state index in [2.05, 4.69) is 52.6 Å². The molecule has 0 radical (unpaired) electrons. The van der Waals surface area contributed by atoms with Crippen LogP contribution in [-0.2, 0) is 11.4 Å². The molecular formula is C26H28N4O3. The summed E-state index contributed by atoms with van der Waals surface area (Å²) in [6, 6.07) is 23.2. The Bertz CT molecular complexity index is 1100. The number of hydrogen-bond donors (Lipinski definition) is 3. The molecule has 0 spiro atoms. The standard InChI is InChI=1S/C26H28N4O3/c1-18-8-10-20(11-9-18)17-33-24-13-12-21(14-25(24)32-2)22-15-23(29-28-22)26(31)30-27-16-19-6-4-3-5-7-19/h3-14,16,22-23,28-29H,15,17H2,1-2H3,(H,30,31)/b27-16+. The number of nitrogens with one attached hydrogen (secondary N) is 3. The van der Waals surface area contributed by atoms with Crippen LogP contribution >= 0.6 is 0 Å². The fourth-order valence-corrected chi connectivity index (χ4v) is 3.60. The molecule has 3 N–H and O–H groups in total. The number of rotatable bonds is 8. The van der Waals surface area contributed by atoms with Crippen LogP contribution < -0.4 is 25.8 Å². The van der Waals surface area contributed by atoms with Crippen molar-refractivity contribution in [1.29, 1.82) is 0 Å². The van der Waals surface area contributed by atoms with Crippen LogP contribution in [0.2, 0.25) is 0 Å². The highest BCUT2D eigenvalue weighted by Gasteiger charge is 2.30. The van der Waals surface area contributed by atoms with Crippen LogP contribution in [0.3, 0.4) is 0 Å². The second kappa shape index (κ2) is 10.8.